The molecule has 3 heteroatoms. The van der Waals surface area contributed by atoms with Crippen LogP contribution in [0.2, 0.25) is 0 Å². The summed E-state index contributed by atoms with van der Waals surface area (Å²) in [5.74, 6) is 0.684. The maximum Gasteiger partial charge on any atom is 0.0710 e. The number of hydrogen-bond donors (Lipinski definition) is 3. The van der Waals surface area contributed by atoms with Crippen LogP contribution in [0.15, 0.2) is 12.2 Å². The monoisotopic (exact) mass is 394 g/mol. The lowest BCUT2D eigenvalue weighted by Crippen LogP contribution is -2.30. The molecule has 28 heavy (non-hydrogen) atoms. The van der Waals surface area contributed by atoms with E-state index in [0.717, 1.165) is 38.5 Å². The zero-order chi connectivity index (χ0) is 20.4. The van der Waals surface area contributed by atoms with Gasteiger partial charge in [0.15, 0.2) is 0 Å². The third kappa shape index (κ3) is 7.46. The molecule has 0 radical (unpaired) electrons. The van der Waals surface area contributed by atoms with Gasteiger partial charge < -0.3 is 15.3 Å². The standard InChI is InChI=1S/C25H46O3/c1-3-5-7-9-10-13-21-22(24(27)19-23(21)26)14-12-18-25(28,20-15-16-20)17-11-8-6-4-2/h12,14,20-24,26-28H,3-11,13,15-19H2,1-2H3/t21-,22-,23+,24-,25?/m1/s1. The zero-order valence-corrected chi connectivity index (χ0v) is 18.5. The molecule has 0 bridgehead atoms. The molecule has 2 rings (SSSR count). The first-order chi connectivity index (χ1) is 13.5. The Kier molecular flexibility index (Phi) is 10.5. The molecule has 0 amide bonds. The van der Waals surface area contributed by atoms with Crippen LogP contribution in [0.25, 0.3) is 0 Å². The third-order valence-corrected chi connectivity index (χ3v) is 7.19. The normalized spacial score (nSPS) is 30.2. The Morgan fingerprint density at radius 2 is 1.50 bits per heavy atom. The summed E-state index contributed by atoms with van der Waals surface area (Å²) in [7, 11) is 0. The second kappa shape index (κ2) is 12.3. The Bertz CT molecular complexity index is 445. The lowest BCUT2D eigenvalue weighted by atomic mass is 9.85. The van der Waals surface area contributed by atoms with Gasteiger partial charge >= 0.3 is 0 Å². The van der Waals surface area contributed by atoms with E-state index in [4.69, 9.17) is 0 Å². The highest BCUT2D eigenvalue weighted by Crippen LogP contribution is 2.45. The third-order valence-electron chi connectivity index (χ3n) is 7.19. The molecule has 2 aliphatic rings. The summed E-state index contributed by atoms with van der Waals surface area (Å²) in [5.41, 5.74) is -0.554. The van der Waals surface area contributed by atoms with E-state index >= 15 is 0 Å². The number of unbranched alkanes of at least 4 members (excludes halogenated alkanes) is 7. The van der Waals surface area contributed by atoms with Crippen molar-refractivity contribution in [1.29, 1.82) is 0 Å². The molecule has 0 aromatic carbocycles. The Morgan fingerprint density at radius 3 is 2.14 bits per heavy atom. The van der Waals surface area contributed by atoms with Gasteiger partial charge in [-0.05, 0) is 43.9 Å². The van der Waals surface area contributed by atoms with Crippen LogP contribution in [-0.4, -0.2) is 33.1 Å². The molecule has 0 aliphatic heterocycles. The molecule has 3 nitrogen and oxygen atoms in total. The summed E-state index contributed by atoms with van der Waals surface area (Å²) in [4.78, 5) is 0. The molecular formula is C25H46O3. The van der Waals surface area contributed by atoms with Gasteiger partial charge in [-0.2, -0.15) is 0 Å². The fourth-order valence-corrected chi connectivity index (χ4v) is 5.14. The van der Waals surface area contributed by atoms with Gasteiger partial charge in [-0.3, -0.25) is 0 Å². The minimum atomic E-state index is -0.554. The molecule has 5 atom stereocenters. The fourth-order valence-electron chi connectivity index (χ4n) is 5.14. The van der Waals surface area contributed by atoms with Crippen molar-refractivity contribution in [1.82, 2.24) is 0 Å². The molecule has 2 aliphatic carbocycles. The zero-order valence-electron chi connectivity index (χ0n) is 18.5. The van der Waals surface area contributed by atoms with E-state index in [9.17, 15) is 15.3 Å². The smallest absolute Gasteiger partial charge is 0.0710 e. The van der Waals surface area contributed by atoms with Gasteiger partial charge in [-0.25, -0.2) is 0 Å². The lowest BCUT2D eigenvalue weighted by Gasteiger charge is -2.28. The number of aliphatic hydroxyl groups excluding tert-OH is 2. The quantitative estimate of drug-likeness (QED) is 0.244. The van der Waals surface area contributed by atoms with Crippen LogP contribution >= 0.6 is 0 Å². The minimum Gasteiger partial charge on any atom is -0.393 e. The van der Waals surface area contributed by atoms with Crippen LogP contribution in [-0.2, 0) is 0 Å². The van der Waals surface area contributed by atoms with Gasteiger partial charge in [-0.15, -0.1) is 0 Å². The molecule has 0 aromatic rings. The van der Waals surface area contributed by atoms with Crippen molar-refractivity contribution < 1.29 is 15.3 Å². The molecule has 2 fully saturated rings. The van der Waals surface area contributed by atoms with Crippen LogP contribution in [0, 0.1) is 17.8 Å². The number of aliphatic hydroxyl groups is 3. The van der Waals surface area contributed by atoms with E-state index in [1.165, 1.54) is 44.9 Å². The van der Waals surface area contributed by atoms with Crippen LogP contribution in [0.3, 0.4) is 0 Å². The summed E-state index contributed by atoms with van der Waals surface area (Å²) in [5, 5.41) is 32.0. The summed E-state index contributed by atoms with van der Waals surface area (Å²) in [6.45, 7) is 4.45. The maximum absolute atomic E-state index is 11.2. The van der Waals surface area contributed by atoms with Crippen LogP contribution < -0.4 is 0 Å². The molecule has 164 valence electrons. The lowest BCUT2D eigenvalue weighted by molar-refractivity contribution is 0.00909. The van der Waals surface area contributed by atoms with Gasteiger partial charge in [-0.1, -0.05) is 83.8 Å². The van der Waals surface area contributed by atoms with Crippen molar-refractivity contribution in [2.75, 3.05) is 0 Å². The van der Waals surface area contributed by atoms with Crippen molar-refractivity contribution in [2.24, 2.45) is 17.8 Å². The highest BCUT2D eigenvalue weighted by molar-refractivity contribution is 5.06. The SMILES string of the molecule is CCCCCCC[C@@H]1[C@@H](C=CCC(O)(CCCCCC)C2CC2)[C@H](O)C[C@@H]1O. The van der Waals surface area contributed by atoms with E-state index in [0.29, 0.717) is 18.8 Å². The first kappa shape index (κ1) is 23.9. The topological polar surface area (TPSA) is 60.7 Å². The molecule has 0 heterocycles. The maximum atomic E-state index is 11.2. The van der Waals surface area contributed by atoms with Gasteiger partial charge in [0, 0.05) is 12.3 Å². The van der Waals surface area contributed by atoms with Crippen LogP contribution in [0.4, 0.5) is 0 Å². The summed E-state index contributed by atoms with van der Waals surface area (Å²) < 4.78 is 0. The van der Waals surface area contributed by atoms with E-state index in [-0.39, 0.29) is 17.9 Å². The minimum absolute atomic E-state index is 0.0460. The number of rotatable bonds is 15. The average Bonchev–Trinajstić information content (AvgIpc) is 3.48. The molecule has 0 saturated heterocycles. The van der Waals surface area contributed by atoms with E-state index in [1.54, 1.807) is 0 Å². The van der Waals surface area contributed by atoms with E-state index in [1.807, 2.05) is 0 Å². The first-order valence-corrected chi connectivity index (χ1v) is 12.3. The molecular weight excluding hydrogens is 348 g/mol. The van der Waals surface area contributed by atoms with E-state index in [2.05, 4.69) is 26.0 Å². The molecule has 0 spiro atoms. The Labute approximate surface area is 173 Å². The fraction of sp³-hybridized carbons (Fsp3) is 0.920. The Balaban J connectivity index is 1.84. The highest BCUT2D eigenvalue weighted by Gasteiger charge is 2.43. The average molecular weight is 395 g/mol. The van der Waals surface area contributed by atoms with E-state index < -0.39 is 11.7 Å². The Morgan fingerprint density at radius 1 is 0.857 bits per heavy atom. The molecule has 2 saturated carbocycles. The highest BCUT2D eigenvalue weighted by atomic mass is 16.3. The van der Waals surface area contributed by atoms with Gasteiger partial charge in [0.05, 0.1) is 17.8 Å². The van der Waals surface area contributed by atoms with Gasteiger partial charge in [0.25, 0.3) is 0 Å². The van der Waals surface area contributed by atoms with Crippen molar-refractivity contribution in [3.63, 3.8) is 0 Å². The van der Waals surface area contributed by atoms with Crippen LogP contribution in [0.1, 0.15) is 110 Å². The molecule has 1 unspecified atom stereocenters. The summed E-state index contributed by atoms with van der Waals surface area (Å²) in [6, 6.07) is 0. The molecule has 3 N–H and O–H groups in total. The Hall–Kier alpha value is -0.380. The summed E-state index contributed by atoms with van der Waals surface area (Å²) >= 11 is 0. The van der Waals surface area contributed by atoms with Gasteiger partial charge in [0.1, 0.15) is 0 Å². The second-order valence-corrected chi connectivity index (χ2v) is 9.64. The van der Waals surface area contributed by atoms with Crippen molar-refractivity contribution in [2.45, 2.75) is 128 Å². The predicted molar refractivity (Wildman–Crippen MR) is 117 cm³/mol. The molecule has 0 aromatic heterocycles. The number of hydrogen-bond acceptors (Lipinski definition) is 3. The van der Waals surface area contributed by atoms with Gasteiger partial charge in [0.2, 0.25) is 0 Å². The van der Waals surface area contributed by atoms with Crippen molar-refractivity contribution >= 4 is 0 Å². The largest absolute Gasteiger partial charge is 0.393 e. The summed E-state index contributed by atoms with van der Waals surface area (Å²) in [6.07, 6.45) is 19.8. The first-order valence-electron chi connectivity index (χ1n) is 12.3. The van der Waals surface area contributed by atoms with Crippen LogP contribution in [0.5, 0.6) is 0 Å². The van der Waals surface area contributed by atoms with Crippen molar-refractivity contribution in [3.05, 3.63) is 12.2 Å². The van der Waals surface area contributed by atoms with Crippen molar-refractivity contribution in [3.8, 4) is 0 Å². The predicted octanol–water partition coefficient (Wildman–Crippen LogP) is 5.76. The second-order valence-electron chi connectivity index (χ2n) is 9.64.